The molecular weight excluding hydrogens is 768 g/mol. The average Bonchev–Trinajstić information content (AvgIpc) is 4.01. The van der Waals surface area contributed by atoms with Crippen molar-refractivity contribution in [2.24, 2.45) is 0 Å². The second-order valence-electron chi connectivity index (χ2n) is 16.4. The number of benzene rings is 9. The van der Waals surface area contributed by atoms with Gasteiger partial charge in [-0.15, -0.1) is 10.9 Å². The zero-order chi connectivity index (χ0) is 43.5. The second-order valence-corrected chi connectivity index (χ2v) is 16.4. The van der Waals surface area contributed by atoms with Gasteiger partial charge in [-0.25, -0.2) is 0 Å². The molecule has 0 fully saturated rings. The van der Waals surface area contributed by atoms with E-state index in [9.17, 15) is 0 Å². The molecule has 0 atom stereocenters. The van der Waals surface area contributed by atoms with Gasteiger partial charge in [0.2, 0.25) is 0 Å². The summed E-state index contributed by atoms with van der Waals surface area (Å²) in [6.07, 6.45) is 0. The summed E-state index contributed by atoms with van der Waals surface area (Å²) in [4.78, 5) is 0. The van der Waals surface area contributed by atoms with E-state index >= 15 is 0 Å². The minimum Gasteiger partial charge on any atom is -0.454 e. The fourth-order valence-electron chi connectivity index (χ4n) is 9.85. The number of rotatable bonds is 5. The molecule has 64 heavy (non-hydrogen) atoms. The minimum atomic E-state index is 0.155. The van der Waals surface area contributed by atoms with Crippen LogP contribution in [0.4, 0.5) is 0 Å². The van der Waals surface area contributed by atoms with Gasteiger partial charge in [-0.05, 0) is 87.3 Å². The van der Waals surface area contributed by atoms with Crippen molar-refractivity contribution < 1.29 is 4.42 Å². The van der Waals surface area contributed by atoms with Gasteiger partial charge in [0.25, 0.3) is 0 Å². The molecule has 0 aliphatic carbocycles. The van der Waals surface area contributed by atoms with Crippen molar-refractivity contribution in [3.8, 4) is 44.8 Å². The Morgan fingerprint density at radius 2 is 0.859 bits per heavy atom. The van der Waals surface area contributed by atoms with Crippen LogP contribution in [0.15, 0.2) is 168 Å². The summed E-state index contributed by atoms with van der Waals surface area (Å²) in [6.45, 7) is 0. The Balaban J connectivity index is 1.14. The van der Waals surface area contributed by atoms with Gasteiger partial charge in [0, 0.05) is 43.7 Å². The maximum atomic E-state index is 7.43. The largest absolute Gasteiger partial charge is 0.454 e. The minimum absolute atomic E-state index is 0.155. The van der Waals surface area contributed by atoms with E-state index in [2.05, 4.69) is 108 Å². The van der Waals surface area contributed by atoms with Crippen molar-refractivity contribution in [1.29, 1.82) is 0 Å². The Bertz CT molecular complexity index is 3910. The third kappa shape index (κ3) is 5.51. The summed E-state index contributed by atoms with van der Waals surface area (Å²) >= 11 is 0. The molecule has 9 aromatic carbocycles. The van der Waals surface area contributed by atoms with Crippen LogP contribution in [0.1, 0.15) is 0 Å². The Morgan fingerprint density at radius 1 is 0.344 bits per heavy atom. The topological polar surface area (TPSA) is 23.0 Å². The monoisotopic (exact) mass is 796 g/mol. The molecule has 0 aliphatic heterocycles. The number of hydrogen-bond donors (Lipinski definition) is 0. The third-order valence-corrected chi connectivity index (χ3v) is 12.9. The SMILES string of the molecule is [B]c1c([B])c([B])c2c(c1[B])c1c([B])c(-c3ccc4c(c3)c3cc(-c5ccccc5)ccc3n4-c3ccc(-c4ccccc4)cc3)c([B])c([B])c1n2-c1cccc2c1oc1ccccc12. The highest BCUT2D eigenvalue weighted by Gasteiger charge is 2.26. The van der Waals surface area contributed by atoms with E-state index in [1.807, 2.05) is 65.2 Å². The molecule has 0 bridgehead atoms. The lowest BCUT2D eigenvalue weighted by Gasteiger charge is -2.19. The molecule has 0 N–H and O–H groups in total. The molecule has 280 valence electrons. The number of nitrogens with zero attached hydrogens (tertiary/aromatic N) is 2. The molecule has 10 heteroatoms. The van der Waals surface area contributed by atoms with Crippen molar-refractivity contribution in [3.63, 3.8) is 0 Å². The van der Waals surface area contributed by atoms with E-state index in [0.717, 1.165) is 71.7 Å². The molecule has 14 radical (unpaired) electrons. The molecule has 0 saturated carbocycles. The predicted molar refractivity (Wildman–Crippen MR) is 276 cm³/mol. The standard InChI is InChI=1S/C54H27B7N2O/c55-45-42(46(56)50(60)52-43(45)44-47(57)48(58)49(59)51(61)53(44)63(52)40-16-9-15-35-34-14-7-8-17-41(34)64-54(35)40)32-21-25-39-37(27-32)36-26-31(29-12-5-2-6-13-29)20-24-38(36)62(39)33-22-18-30(19-23-33)28-10-3-1-4-11-28/h1-27H. The third-order valence-electron chi connectivity index (χ3n) is 12.9. The normalized spacial score (nSPS) is 11.9. The van der Waals surface area contributed by atoms with E-state index in [4.69, 9.17) is 59.3 Å². The molecule has 0 amide bonds. The highest BCUT2D eigenvalue weighted by Crippen LogP contribution is 2.40. The van der Waals surface area contributed by atoms with E-state index in [1.165, 1.54) is 0 Å². The van der Waals surface area contributed by atoms with Gasteiger partial charge in [0.15, 0.2) is 5.58 Å². The number of fused-ring (bicyclic) bond motifs is 9. The molecule has 12 rings (SSSR count). The Morgan fingerprint density at radius 3 is 1.55 bits per heavy atom. The lowest BCUT2D eigenvalue weighted by Crippen LogP contribution is -2.48. The first-order chi connectivity index (χ1) is 31.2. The van der Waals surface area contributed by atoms with E-state index in [-0.39, 0.29) is 27.3 Å². The van der Waals surface area contributed by atoms with Crippen LogP contribution in [0.2, 0.25) is 0 Å². The predicted octanol–water partition coefficient (Wildman–Crippen LogP) is 6.34. The average molecular weight is 796 g/mol. The summed E-state index contributed by atoms with van der Waals surface area (Å²) in [6, 6.07) is 56.1. The maximum Gasteiger partial charge on any atom is 0.159 e. The van der Waals surface area contributed by atoms with Gasteiger partial charge in [0.05, 0.1) is 16.7 Å². The van der Waals surface area contributed by atoms with Crippen LogP contribution in [-0.2, 0) is 0 Å². The van der Waals surface area contributed by atoms with Crippen molar-refractivity contribution in [2.75, 3.05) is 0 Å². The van der Waals surface area contributed by atoms with Gasteiger partial charge < -0.3 is 13.6 Å². The number of hydrogen-bond acceptors (Lipinski definition) is 1. The molecule has 0 saturated heterocycles. The van der Waals surface area contributed by atoms with Crippen LogP contribution in [0, 0.1) is 0 Å². The van der Waals surface area contributed by atoms with Gasteiger partial charge in [-0.1, -0.05) is 143 Å². The molecule has 0 aliphatic rings. The van der Waals surface area contributed by atoms with Crippen LogP contribution in [-0.4, -0.2) is 64.1 Å². The summed E-state index contributed by atoms with van der Waals surface area (Å²) < 4.78 is 10.7. The van der Waals surface area contributed by atoms with Gasteiger partial charge in [-0.3, -0.25) is 0 Å². The zero-order valence-electron chi connectivity index (χ0n) is 34.4. The molecule has 3 heterocycles. The maximum absolute atomic E-state index is 7.43. The highest BCUT2D eigenvalue weighted by molar-refractivity contribution is 6.69. The molecule has 3 aromatic heterocycles. The number of para-hydroxylation sites is 2. The van der Waals surface area contributed by atoms with Crippen molar-refractivity contribution in [1.82, 2.24) is 9.13 Å². The van der Waals surface area contributed by atoms with Crippen LogP contribution in [0.5, 0.6) is 0 Å². The van der Waals surface area contributed by atoms with Gasteiger partial charge in [-0.2, -0.15) is 0 Å². The smallest absolute Gasteiger partial charge is 0.159 e. The van der Waals surface area contributed by atoms with Crippen LogP contribution < -0.4 is 38.2 Å². The quantitative estimate of drug-likeness (QED) is 0.187. The lowest BCUT2D eigenvalue weighted by atomic mass is 9.64. The molecule has 3 nitrogen and oxygen atoms in total. The zero-order valence-corrected chi connectivity index (χ0v) is 34.4. The number of aromatic nitrogens is 2. The summed E-state index contributed by atoms with van der Waals surface area (Å²) in [5.41, 5.74) is 13.7. The van der Waals surface area contributed by atoms with E-state index in [1.54, 1.807) is 0 Å². The highest BCUT2D eigenvalue weighted by atomic mass is 16.3. The van der Waals surface area contributed by atoms with Gasteiger partial charge >= 0.3 is 0 Å². The molecular formula is C54H27B7N2O. The van der Waals surface area contributed by atoms with Crippen molar-refractivity contribution >= 4 is 159 Å². The Hall–Kier alpha value is -7.17. The van der Waals surface area contributed by atoms with Gasteiger partial charge in [0.1, 0.15) is 60.5 Å². The fraction of sp³-hybridized carbons (Fsp3) is 0. The first kappa shape index (κ1) is 38.5. The Labute approximate surface area is 379 Å². The second kappa shape index (κ2) is 14.4. The molecule has 12 aromatic rings. The van der Waals surface area contributed by atoms with E-state index in [0.29, 0.717) is 49.6 Å². The molecule has 0 unspecified atom stereocenters. The van der Waals surface area contributed by atoms with Crippen molar-refractivity contribution in [3.05, 3.63) is 164 Å². The van der Waals surface area contributed by atoms with Crippen molar-refractivity contribution in [2.45, 2.75) is 0 Å². The van der Waals surface area contributed by atoms with Crippen LogP contribution >= 0.6 is 0 Å². The summed E-state index contributed by atoms with van der Waals surface area (Å²) in [7, 11) is 49.0. The lowest BCUT2D eigenvalue weighted by molar-refractivity contribution is 0.666. The summed E-state index contributed by atoms with van der Waals surface area (Å²) in [5.74, 6) is 0. The van der Waals surface area contributed by atoms with Crippen LogP contribution in [0.25, 0.3) is 110 Å². The number of furan rings is 1. The molecule has 0 spiro atoms. The summed E-state index contributed by atoms with van der Waals surface area (Å²) in [5, 5.41) is 5.00. The Kier molecular flexibility index (Phi) is 8.69. The first-order valence-electron chi connectivity index (χ1n) is 21.0. The first-order valence-corrected chi connectivity index (χ1v) is 21.0. The van der Waals surface area contributed by atoms with Crippen LogP contribution in [0.3, 0.4) is 0 Å². The van der Waals surface area contributed by atoms with E-state index < -0.39 is 0 Å². The fourth-order valence-corrected chi connectivity index (χ4v) is 9.85.